The topological polar surface area (TPSA) is 67.9 Å². The number of thioether (sulfide) groups is 1. The van der Waals surface area contributed by atoms with Crippen LogP contribution in [0.25, 0.3) is 0 Å². The van der Waals surface area contributed by atoms with E-state index < -0.39 is 0 Å². The Balaban J connectivity index is 1.53. The van der Waals surface area contributed by atoms with Crippen molar-refractivity contribution in [1.29, 1.82) is 0 Å². The van der Waals surface area contributed by atoms with Crippen LogP contribution in [0.4, 0.5) is 11.4 Å². The molecule has 0 aromatic heterocycles. The van der Waals surface area contributed by atoms with Gasteiger partial charge in [0.25, 0.3) is 0 Å². The first-order valence-electron chi connectivity index (χ1n) is 11.2. The number of nitrogens with one attached hydrogen (secondary N) is 1. The molecule has 0 saturated carbocycles. The van der Waals surface area contributed by atoms with E-state index >= 15 is 0 Å². The first-order chi connectivity index (χ1) is 16.5. The van der Waals surface area contributed by atoms with Crippen LogP contribution in [0.15, 0.2) is 72.8 Å². The lowest BCUT2D eigenvalue weighted by molar-refractivity contribution is -0.118. The summed E-state index contributed by atoms with van der Waals surface area (Å²) in [6.45, 7) is 2.01. The van der Waals surface area contributed by atoms with E-state index in [4.69, 9.17) is 9.47 Å². The van der Waals surface area contributed by atoms with Crippen molar-refractivity contribution in [3.63, 3.8) is 0 Å². The molecule has 1 fully saturated rings. The van der Waals surface area contributed by atoms with Crippen molar-refractivity contribution >= 4 is 35.0 Å². The molecular weight excluding hydrogens is 448 g/mol. The largest absolute Gasteiger partial charge is 0.497 e. The van der Waals surface area contributed by atoms with Crippen LogP contribution in [0.1, 0.15) is 35.8 Å². The number of hydrogen-bond donors (Lipinski definition) is 1. The molecule has 0 radical (unpaired) electrons. The summed E-state index contributed by atoms with van der Waals surface area (Å²) >= 11 is 1.56. The highest BCUT2D eigenvalue weighted by Crippen LogP contribution is 2.45. The average Bonchev–Trinajstić information content (AvgIpc) is 3.26. The number of carbonyl (C=O) groups is 2. The van der Waals surface area contributed by atoms with Crippen LogP contribution < -0.4 is 19.7 Å². The van der Waals surface area contributed by atoms with E-state index in [1.54, 1.807) is 36.9 Å². The molecule has 1 saturated heterocycles. The highest BCUT2D eigenvalue weighted by atomic mass is 32.2. The van der Waals surface area contributed by atoms with Gasteiger partial charge in [0.05, 0.1) is 31.6 Å². The van der Waals surface area contributed by atoms with Gasteiger partial charge in [0, 0.05) is 11.8 Å². The molecule has 1 aliphatic rings. The van der Waals surface area contributed by atoms with Gasteiger partial charge in [-0.15, -0.1) is 11.8 Å². The van der Waals surface area contributed by atoms with Crippen molar-refractivity contribution < 1.29 is 19.1 Å². The van der Waals surface area contributed by atoms with Crippen LogP contribution in [-0.4, -0.2) is 31.8 Å². The summed E-state index contributed by atoms with van der Waals surface area (Å²) in [5, 5.41) is 2.84. The van der Waals surface area contributed by atoms with E-state index in [0.717, 1.165) is 16.8 Å². The third-order valence-corrected chi connectivity index (χ3v) is 7.12. The van der Waals surface area contributed by atoms with Gasteiger partial charge in [-0.3, -0.25) is 14.5 Å². The Bertz CT molecular complexity index is 1150. The molecule has 2 amide bonds. The van der Waals surface area contributed by atoms with Crippen LogP contribution in [0.5, 0.6) is 11.5 Å². The zero-order chi connectivity index (χ0) is 24.1. The van der Waals surface area contributed by atoms with Gasteiger partial charge in [0.2, 0.25) is 11.8 Å². The molecule has 0 aliphatic carbocycles. The van der Waals surface area contributed by atoms with E-state index in [9.17, 15) is 9.59 Å². The lowest BCUT2D eigenvalue weighted by atomic mass is 9.95. The second kappa shape index (κ2) is 10.7. The molecule has 2 unspecified atom stereocenters. The van der Waals surface area contributed by atoms with E-state index in [-0.39, 0.29) is 23.1 Å². The lowest BCUT2D eigenvalue weighted by Crippen LogP contribution is -2.28. The van der Waals surface area contributed by atoms with Crippen LogP contribution in [-0.2, 0) is 9.59 Å². The molecule has 1 aliphatic heterocycles. The molecule has 4 rings (SSSR count). The molecule has 3 aromatic carbocycles. The van der Waals surface area contributed by atoms with E-state index in [1.807, 2.05) is 73.7 Å². The van der Waals surface area contributed by atoms with Crippen LogP contribution in [0.2, 0.25) is 0 Å². The zero-order valence-electron chi connectivity index (χ0n) is 19.5. The first kappa shape index (κ1) is 23.7. The Kier molecular flexibility index (Phi) is 7.43. The Hall–Kier alpha value is -3.45. The third-order valence-electron chi connectivity index (χ3n) is 5.90. The molecule has 7 heteroatoms. The number of amides is 2. The number of methoxy groups -OCH3 is 2. The highest BCUT2D eigenvalue weighted by molar-refractivity contribution is 8.00. The number of anilines is 2. The fourth-order valence-corrected chi connectivity index (χ4v) is 5.30. The summed E-state index contributed by atoms with van der Waals surface area (Å²) in [6.07, 6.45) is 0.716. The van der Waals surface area contributed by atoms with E-state index in [2.05, 4.69) is 5.32 Å². The summed E-state index contributed by atoms with van der Waals surface area (Å²) < 4.78 is 10.8. The second-order valence-corrected chi connectivity index (χ2v) is 9.02. The van der Waals surface area contributed by atoms with Crippen molar-refractivity contribution in [1.82, 2.24) is 0 Å². The van der Waals surface area contributed by atoms with Gasteiger partial charge in [-0.2, -0.15) is 0 Å². The smallest absolute Gasteiger partial charge is 0.238 e. The quantitative estimate of drug-likeness (QED) is 0.457. The zero-order valence-corrected chi connectivity index (χ0v) is 20.3. The van der Waals surface area contributed by atoms with Crippen molar-refractivity contribution in [2.75, 3.05) is 30.2 Å². The Morgan fingerprint density at radius 1 is 1.06 bits per heavy atom. The number of hydrogen-bond acceptors (Lipinski definition) is 5. The molecule has 0 bridgehead atoms. The van der Waals surface area contributed by atoms with Gasteiger partial charge in [0.1, 0.15) is 16.9 Å². The molecule has 2 atom stereocenters. The summed E-state index contributed by atoms with van der Waals surface area (Å²) in [5.41, 5.74) is 3.41. The standard InChI is InChI=1S/C27H28N2O4S/c1-4-22(18-8-6-5-7-9-18)26(31)28-20-12-10-19(11-13-20)27-29(25(30)17-34-27)23-15-14-21(32-2)16-24(23)33-3/h5-16,22,27H,4,17H2,1-3H3,(H,28,31). The summed E-state index contributed by atoms with van der Waals surface area (Å²) in [5.74, 6) is 1.41. The predicted molar refractivity (Wildman–Crippen MR) is 137 cm³/mol. The van der Waals surface area contributed by atoms with Crippen molar-refractivity contribution in [2.45, 2.75) is 24.6 Å². The SMILES string of the molecule is CCC(C(=O)Nc1ccc(C2SCC(=O)N2c2ccc(OC)cc2OC)cc1)c1ccccc1. The molecule has 1 N–H and O–H groups in total. The van der Waals surface area contributed by atoms with Gasteiger partial charge in [0.15, 0.2) is 0 Å². The van der Waals surface area contributed by atoms with E-state index in [0.29, 0.717) is 29.4 Å². The number of nitrogens with zero attached hydrogens (tertiary/aromatic N) is 1. The first-order valence-corrected chi connectivity index (χ1v) is 12.2. The Morgan fingerprint density at radius 3 is 2.44 bits per heavy atom. The summed E-state index contributed by atoms with van der Waals surface area (Å²) in [4.78, 5) is 27.5. The minimum absolute atomic E-state index is 0.0181. The van der Waals surface area contributed by atoms with Crippen molar-refractivity contribution in [3.05, 3.63) is 83.9 Å². The van der Waals surface area contributed by atoms with Crippen molar-refractivity contribution in [2.24, 2.45) is 0 Å². The van der Waals surface area contributed by atoms with Crippen molar-refractivity contribution in [3.8, 4) is 11.5 Å². The average molecular weight is 477 g/mol. The Labute approximate surface area is 204 Å². The summed E-state index contributed by atoms with van der Waals surface area (Å²) in [6, 6.07) is 22.9. The molecule has 1 heterocycles. The van der Waals surface area contributed by atoms with Crippen LogP contribution in [0, 0.1) is 0 Å². The van der Waals surface area contributed by atoms with Gasteiger partial charge in [-0.1, -0.05) is 49.4 Å². The minimum Gasteiger partial charge on any atom is -0.497 e. The van der Waals surface area contributed by atoms with Gasteiger partial charge in [-0.05, 0) is 41.8 Å². The number of ether oxygens (including phenoxy) is 2. The van der Waals surface area contributed by atoms with Crippen LogP contribution in [0.3, 0.4) is 0 Å². The fourth-order valence-electron chi connectivity index (χ4n) is 4.13. The molecule has 0 spiro atoms. The van der Waals surface area contributed by atoms with Gasteiger partial charge < -0.3 is 14.8 Å². The maximum absolute atomic E-state index is 12.9. The van der Waals surface area contributed by atoms with Gasteiger partial charge >= 0.3 is 0 Å². The maximum Gasteiger partial charge on any atom is 0.238 e. The van der Waals surface area contributed by atoms with E-state index in [1.165, 1.54) is 0 Å². The molecule has 176 valence electrons. The predicted octanol–water partition coefficient (Wildman–Crippen LogP) is 5.61. The minimum atomic E-state index is -0.207. The number of rotatable bonds is 8. The normalized spacial score (nSPS) is 16.3. The summed E-state index contributed by atoms with van der Waals surface area (Å²) in [7, 11) is 3.18. The molecule has 3 aromatic rings. The van der Waals surface area contributed by atoms with Gasteiger partial charge in [-0.25, -0.2) is 0 Å². The molecule has 6 nitrogen and oxygen atoms in total. The number of benzene rings is 3. The highest BCUT2D eigenvalue weighted by Gasteiger charge is 2.35. The second-order valence-electron chi connectivity index (χ2n) is 7.95. The third kappa shape index (κ3) is 4.89. The maximum atomic E-state index is 12.9. The fraction of sp³-hybridized carbons (Fsp3) is 0.259. The lowest BCUT2D eigenvalue weighted by Gasteiger charge is -2.26. The molecule has 34 heavy (non-hydrogen) atoms. The van der Waals surface area contributed by atoms with Crippen LogP contribution >= 0.6 is 11.8 Å². The Morgan fingerprint density at radius 2 is 1.79 bits per heavy atom. The molecular formula is C27H28N2O4S. The number of carbonyl (C=O) groups excluding carboxylic acids is 2. The monoisotopic (exact) mass is 476 g/mol.